The molecular formula is C12H22N2O2S. The Kier molecular flexibility index (Phi) is 4.00. The van der Waals surface area contributed by atoms with Crippen molar-refractivity contribution in [1.82, 2.24) is 10.2 Å². The van der Waals surface area contributed by atoms with E-state index in [9.17, 15) is 9.90 Å². The Morgan fingerprint density at radius 1 is 1.47 bits per heavy atom. The number of nitrogens with zero attached hydrogens (tertiary/aromatic N) is 1. The predicted octanol–water partition coefficient (Wildman–Crippen LogP) is 0.453. The van der Waals surface area contributed by atoms with Gasteiger partial charge in [0.1, 0.15) is 0 Å². The highest BCUT2D eigenvalue weighted by Gasteiger charge is 2.33. The third kappa shape index (κ3) is 3.36. The maximum absolute atomic E-state index is 12.3. The summed E-state index contributed by atoms with van der Waals surface area (Å²) in [6.07, 6.45) is 1.24. The van der Waals surface area contributed by atoms with Crippen LogP contribution in [-0.2, 0) is 4.79 Å². The van der Waals surface area contributed by atoms with E-state index in [1.165, 1.54) is 0 Å². The van der Waals surface area contributed by atoms with Crippen LogP contribution in [-0.4, -0.2) is 58.2 Å². The van der Waals surface area contributed by atoms with E-state index >= 15 is 0 Å². The minimum atomic E-state index is -0.359. The lowest BCUT2D eigenvalue weighted by molar-refractivity contribution is -0.133. The summed E-state index contributed by atoms with van der Waals surface area (Å²) in [7, 11) is 0. The van der Waals surface area contributed by atoms with E-state index in [0.717, 1.165) is 25.3 Å². The number of β-amino-alcohol motifs (C(OH)–C–C–N with tert-alkyl or cyclic N) is 1. The monoisotopic (exact) mass is 258 g/mol. The first-order chi connectivity index (χ1) is 7.98. The zero-order valence-corrected chi connectivity index (χ0v) is 11.4. The molecule has 2 rings (SSSR count). The summed E-state index contributed by atoms with van der Waals surface area (Å²) in [4.78, 5) is 14.2. The normalized spacial score (nSPS) is 33.5. The molecule has 0 aliphatic carbocycles. The van der Waals surface area contributed by atoms with Crippen molar-refractivity contribution in [3.8, 4) is 0 Å². The summed E-state index contributed by atoms with van der Waals surface area (Å²) >= 11 is 1.94. The molecule has 2 N–H and O–H groups in total. The minimum absolute atomic E-state index is 0.167. The summed E-state index contributed by atoms with van der Waals surface area (Å²) in [6.45, 7) is 6.70. The van der Waals surface area contributed by atoms with Gasteiger partial charge in [0.2, 0.25) is 5.91 Å². The number of amides is 1. The third-order valence-corrected chi connectivity index (χ3v) is 4.93. The molecule has 2 unspecified atom stereocenters. The Bertz CT molecular complexity index is 296. The van der Waals surface area contributed by atoms with Crippen LogP contribution in [0.25, 0.3) is 0 Å². The first kappa shape index (κ1) is 13.2. The molecular weight excluding hydrogens is 236 g/mol. The second-order valence-corrected chi connectivity index (χ2v) is 7.34. The fraction of sp³-hybridized carbons (Fsp3) is 0.917. The van der Waals surface area contributed by atoms with Crippen LogP contribution < -0.4 is 5.32 Å². The maximum Gasteiger partial charge on any atom is 0.239 e. The third-order valence-electron chi connectivity index (χ3n) is 3.56. The first-order valence-electron chi connectivity index (χ1n) is 6.32. The molecule has 2 aliphatic rings. The number of hydrogen-bond acceptors (Lipinski definition) is 4. The van der Waals surface area contributed by atoms with Gasteiger partial charge in [-0.05, 0) is 12.8 Å². The summed E-state index contributed by atoms with van der Waals surface area (Å²) in [5.41, 5.74) is 0. The van der Waals surface area contributed by atoms with Gasteiger partial charge in [-0.1, -0.05) is 13.8 Å². The molecule has 0 radical (unpaired) electrons. The molecule has 2 heterocycles. The molecule has 0 bridgehead atoms. The molecule has 1 amide bonds. The fourth-order valence-corrected chi connectivity index (χ4v) is 3.47. The fourth-order valence-electron chi connectivity index (χ4n) is 2.37. The minimum Gasteiger partial charge on any atom is -0.392 e. The van der Waals surface area contributed by atoms with Crippen molar-refractivity contribution in [1.29, 1.82) is 0 Å². The Morgan fingerprint density at radius 3 is 2.88 bits per heavy atom. The van der Waals surface area contributed by atoms with Gasteiger partial charge in [-0.2, -0.15) is 11.8 Å². The van der Waals surface area contributed by atoms with Crippen molar-refractivity contribution in [2.24, 2.45) is 0 Å². The van der Waals surface area contributed by atoms with Crippen molar-refractivity contribution in [3.63, 3.8) is 0 Å². The summed E-state index contributed by atoms with van der Waals surface area (Å²) < 4.78 is 0.275. The van der Waals surface area contributed by atoms with Crippen molar-refractivity contribution in [3.05, 3.63) is 0 Å². The zero-order chi connectivity index (χ0) is 12.5. The molecule has 0 aromatic heterocycles. The molecule has 2 aliphatic heterocycles. The second kappa shape index (κ2) is 5.16. The van der Waals surface area contributed by atoms with Gasteiger partial charge < -0.3 is 15.3 Å². The van der Waals surface area contributed by atoms with Gasteiger partial charge in [0.05, 0.1) is 12.1 Å². The molecule has 17 heavy (non-hydrogen) atoms. The predicted molar refractivity (Wildman–Crippen MR) is 70.1 cm³/mol. The smallest absolute Gasteiger partial charge is 0.239 e. The van der Waals surface area contributed by atoms with Crippen LogP contribution in [0.1, 0.15) is 26.7 Å². The lowest BCUT2D eigenvalue weighted by Gasteiger charge is -2.25. The average molecular weight is 258 g/mol. The van der Waals surface area contributed by atoms with E-state index in [2.05, 4.69) is 19.2 Å². The van der Waals surface area contributed by atoms with Crippen LogP contribution in [0.5, 0.6) is 0 Å². The number of aliphatic hydroxyl groups is 1. The molecule has 4 nitrogen and oxygen atoms in total. The SMILES string of the molecule is CC1(C)CCN(C(=O)C2CC(O)CN2)CCS1. The van der Waals surface area contributed by atoms with E-state index in [1.807, 2.05) is 16.7 Å². The molecule has 0 spiro atoms. The van der Waals surface area contributed by atoms with E-state index in [1.54, 1.807) is 0 Å². The topological polar surface area (TPSA) is 52.6 Å². The van der Waals surface area contributed by atoms with E-state index in [0.29, 0.717) is 13.0 Å². The average Bonchev–Trinajstić information content (AvgIpc) is 2.60. The Labute approximate surface area is 107 Å². The van der Waals surface area contributed by atoms with Crippen LogP contribution in [0.2, 0.25) is 0 Å². The maximum atomic E-state index is 12.3. The van der Waals surface area contributed by atoms with Crippen LogP contribution in [0.3, 0.4) is 0 Å². The molecule has 2 saturated heterocycles. The van der Waals surface area contributed by atoms with Gasteiger partial charge >= 0.3 is 0 Å². The first-order valence-corrected chi connectivity index (χ1v) is 7.31. The standard InChI is InChI=1S/C12H22N2O2S/c1-12(2)3-4-14(5-6-17-12)11(16)10-7-9(15)8-13-10/h9-10,13,15H,3-8H2,1-2H3. The van der Waals surface area contributed by atoms with Gasteiger partial charge in [-0.15, -0.1) is 0 Å². The highest BCUT2D eigenvalue weighted by atomic mass is 32.2. The van der Waals surface area contributed by atoms with Crippen LogP contribution in [0.4, 0.5) is 0 Å². The van der Waals surface area contributed by atoms with E-state index in [4.69, 9.17) is 0 Å². The van der Waals surface area contributed by atoms with Gasteiger partial charge in [-0.3, -0.25) is 4.79 Å². The van der Waals surface area contributed by atoms with Crippen molar-refractivity contribution in [2.45, 2.75) is 43.6 Å². The highest BCUT2D eigenvalue weighted by molar-refractivity contribution is 8.00. The molecule has 0 aromatic carbocycles. The lowest BCUT2D eigenvalue weighted by Crippen LogP contribution is -2.44. The number of nitrogens with one attached hydrogen (secondary N) is 1. The number of carbonyl (C=O) groups is 1. The Balaban J connectivity index is 1.91. The van der Waals surface area contributed by atoms with Crippen molar-refractivity contribution < 1.29 is 9.90 Å². The quantitative estimate of drug-likeness (QED) is 0.717. The number of carbonyl (C=O) groups excluding carboxylic acids is 1. The van der Waals surface area contributed by atoms with Crippen LogP contribution in [0, 0.1) is 0 Å². The van der Waals surface area contributed by atoms with Crippen molar-refractivity contribution >= 4 is 17.7 Å². The second-order valence-electron chi connectivity index (χ2n) is 5.53. The number of rotatable bonds is 1. The largest absolute Gasteiger partial charge is 0.392 e. The van der Waals surface area contributed by atoms with E-state index < -0.39 is 0 Å². The van der Waals surface area contributed by atoms with E-state index in [-0.39, 0.29) is 22.8 Å². The summed E-state index contributed by atoms with van der Waals surface area (Å²) in [5, 5.41) is 12.5. The number of hydrogen-bond donors (Lipinski definition) is 2. The van der Waals surface area contributed by atoms with Crippen LogP contribution >= 0.6 is 11.8 Å². The molecule has 5 heteroatoms. The van der Waals surface area contributed by atoms with Gasteiger partial charge in [0.15, 0.2) is 0 Å². The van der Waals surface area contributed by atoms with Crippen LogP contribution in [0.15, 0.2) is 0 Å². The highest BCUT2D eigenvalue weighted by Crippen LogP contribution is 2.31. The molecule has 0 saturated carbocycles. The lowest BCUT2D eigenvalue weighted by atomic mass is 10.1. The Hall–Kier alpha value is -0.260. The van der Waals surface area contributed by atoms with Gasteiger partial charge in [0, 0.05) is 30.1 Å². The number of thioether (sulfide) groups is 1. The zero-order valence-electron chi connectivity index (χ0n) is 10.6. The van der Waals surface area contributed by atoms with Gasteiger partial charge in [0.25, 0.3) is 0 Å². The summed E-state index contributed by atoms with van der Waals surface area (Å²) in [5.74, 6) is 1.17. The number of aliphatic hydroxyl groups excluding tert-OH is 1. The molecule has 2 fully saturated rings. The molecule has 0 aromatic rings. The Morgan fingerprint density at radius 2 is 2.24 bits per heavy atom. The molecule has 98 valence electrons. The van der Waals surface area contributed by atoms with Gasteiger partial charge in [-0.25, -0.2) is 0 Å². The summed E-state index contributed by atoms with van der Waals surface area (Å²) in [6, 6.07) is -0.170. The molecule has 2 atom stereocenters. The van der Waals surface area contributed by atoms with Crippen molar-refractivity contribution in [2.75, 3.05) is 25.4 Å².